The maximum Gasteiger partial charge on any atom is 0.185 e. The van der Waals surface area contributed by atoms with Gasteiger partial charge in [0.05, 0.1) is 13.2 Å². The number of nitrogens with zero attached hydrogens (tertiary/aromatic N) is 1. The Kier molecular flexibility index (Phi) is 7.89. The standard InChI is InChI=1S/C12H26NO2PS/c1-3-4-11-14-16(2,17)15-12-10-13-8-6-5-7-9-13/h3-12H2,1-2H3. The Morgan fingerprint density at radius 1 is 1.12 bits per heavy atom. The number of unbranched alkanes of at least 4 members (excludes halogenated alkanes) is 1. The third kappa shape index (κ3) is 7.53. The van der Waals surface area contributed by atoms with Crippen molar-refractivity contribution in [3.63, 3.8) is 0 Å². The second-order valence-corrected chi connectivity index (χ2v) is 8.74. The van der Waals surface area contributed by atoms with Gasteiger partial charge in [0.25, 0.3) is 0 Å². The Labute approximate surface area is 111 Å². The largest absolute Gasteiger partial charge is 0.329 e. The first kappa shape index (κ1) is 15.6. The van der Waals surface area contributed by atoms with Gasteiger partial charge in [-0.2, -0.15) is 0 Å². The summed E-state index contributed by atoms with van der Waals surface area (Å²) in [6.07, 6.45) is 6.24. The van der Waals surface area contributed by atoms with Crippen LogP contribution in [0.5, 0.6) is 0 Å². The van der Waals surface area contributed by atoms with Gasteiger partial charge in [-0.3, -0.25) is 0 Å². The van der Waals surface area contributed by atoms with Crippen LogP contribution in [-0.2, 0) is 20.9 Å². The number of hydrogen-bond donors (Lipinski definition) is 0. The highest BCUT2D eigenvalue weighted by atomic mass is 32.5. The molecule has 1 atom stereocenters. The maximum absolute atomic E-state index is 5.74. The molecule has 1 saturated heterocycles. The molecule has 0 spiro atoms. The van der Waals surface area contributed by atoms with E-state index in [0.717, 1.165) is 32.6 Å². The summed E-state index contributed by atoms with van der Waals surface area (Å²) in [5, 5.41) is 0. The van der Waals surface area contributed by atoms with Gasteiger partial charge in [-0.1, -0.05) is 19.8 Å². The third-order valence-electron chi connectivity index (χ3n) is 3.01. The molecule has 3 nitrogen and oxygen atoms in total. The molecular formula is C12H26NO2PS. The lowest BCUT2D eigenvalue weighted by Gasteiger charge is -2.27. The minimum Gasteiger partial charge on any atom is -0.329 e. The van der Waals surface area contributed by atoms with Crippen molar-refractivity contribution in [2.24, 2.45) is 0 Å². The summed E-state index contributed by atoms with van der Waals surface area (Å²) in [7, 11) is 0. The van der Waals surface area contributed by atoms with Gasteiger partial charge in [0, 0.05) is 13.2 Å². The molecule has 0 N–H and O–H groups in total. The Morgan fingerprint density at radius 2 is 1.76 bits per heavy atom. The molecule has 1 unspecified atom stereocenters. The quantitative estimate of drug-likeness (QED) is 0.502. The fraction of sp³-hybridized carbons (Fsp3) is 1.00. The van der Waals surface area contributed by atoms with Crippen molar-refractivity contribution < 1.29 is 9.05 Å². The smallest absolute Gasteiger partial charge is 0.185 e. The van der Waals surface area contributed by atoms with Crippen LogP contribution in [-0.4, -0.2) is 44.4 Å². The second-order valence-electron chi connectivity index (χ2n) is 4.69. The molecule has 17 heavy (non-hydrogen) atoms. The van der Waals surface area contributed by atoms with Crippen molar-refractivity contribution in [1.82, 2.24) is 4.90 Å². The summed E-state index contributed by atoms with van der Waals surface area (Å²) in [5.41, 5.74) is 0. The molecule has 0 bridgehead atoms. The summed E-state index contributed by atoms with van der Waals surface area (Å²) in [6.45, 7) is 7.01. The van der Waals surface area contributed by atoms with Crippen molar-refractivity contribution >= 4 is 18.3 Å². The normalized spacial score (nSPS) is 21.3. The van der Waals surface area contributed by atoms with Gasteiger partial charge in [-0.25, -0.2) is 0 Å². The molecule has 5 heteroatoms. The lowest BCUT2D eigenvalue weighted by Crippen LogP contribution is -2.32. The highest BCUT2D eigenvalue weighted by molar-refractivity contribution is 8.09. The molecular weight excluding hydrogens is 253 g/mol. The van der Waals surface area contributed by atoms with Gasteiger partial charge in [-0.15, -0.1) is 0 Å². The van der Waals surface area contributed by atoms with E-state index < -0.39 is 6.49 Å². The zero-order chi connectivity index (χ0) is 12.6. The van der Waals surface area contributed by atoms with E-state index in [2.05, 4.69) is 11.8 Å². The van der Waals surface area contributed by atoms with Gasteiger partial charge in [0.15, 0.2) is 6.49 Å². The molecule has 1 heterocycles. The van der Waals surface area contributed by atoms with Crippen LogP contribution in [0.15, 0.2) is 0 Å². The molecule has 0 aromatic carbocycles. The van der Waals surface area contributed by atoms with E-state index in [4.69, 9.17) is 20.9 Å². The molecule has 0 saturated carbocycles. The molecule has 0 radical (unpaired) electrons. The summed E-state index contributed by atoms with van der Waals surface area (Å²) < 4.78 is 11.4. The Balaban J connectivity index is 2.09. The zero-order valence-electron chi connectivity index (χ0n) is 11.2. The summed E-state index contributed by atoms with van der Waals surface area (Å²) in [6, 6.07) is 0. The minimum absolute atomic E-state index is 0.722. The van der Waals surface area contributed by atoms with Crippen LogP contribution < -0.4 is 0 Å². The van der Waals surface area contributed by atoms with Crippen LogP contribution in [0.25, 0.3) is 0 Å². The van der Waals surface area contributed by atoms with Crippen molar-refractivity contribution in [1.29, 1.82) is 0 Å². The first-order valence-electron chi connectivity index (χ1n) is 6.73. The summed E-state index contributed by atoms with van der Waals surface area (Å²) in [4.78, 5) is 2.46. The van der Waals surface area contributed by atoms with Crippen LogP contribution in [0.4, 0.5) is 0 Å². The van der Waals surface area contributed by atoms with Crippen molar-refractivity contribution in [3.8, 4) is 0 Å². The fourth-order valence-corrected chi connectivity index (χ4v) is 3.33. The zero-order valence-corrected chi connectivity index (χ0v) is 12.9. The number of likely N-dealkylation sites (tertiary alicyclic amines) is 1. The molecule has 0 aromatic heterocycles. The van der Waals surface area contributed by atoms with Gasteiger partial charge in [0.2, 0.25) is 0 Å². The number of piperidine rings is 1. The third-order valence-corrected chi connectivity index (χ3v) is 4.94. The lowest BCUT2D eigenvalue weighted by atomic mass is 10.1. The van der Waals surface area contributed by atoms with E-state index in [0.29, 0.717) is 0 Å². The van der Waals surface area contributed by atoms with E-state index in [1.807, 2.05) is 6.66 Å². The fourth-order valence-electron chi connectivity index (χ4n) is 1.93. The van der Waals surface area contributed by atoms with Crippen LogP contribution >= 0.6 is 6.49 Å². The highest BCUT2D eigenvalue weighted by Crippen LogP contribution is 2.44. The lowest BCUT2D eigenvalue weighted by molar-refractivity contribution is 0.174. The summed E-state index contributed by atoms with van der Waals surface area (Å²) >= 11 is 5.37. The molecule has 1 aliphatic heterocycles. The highest BCUT2D eigenvalue weighted by Gasteiger charge is 2.13. The van der Waals surface area contributed by atoms with Crippen molar-refractivity contribution in [3.05, 3.63) is 0 Å². The molecule has 1 fully saturated rings. The molecule has 0 aliphatic carbocycles. The van der Waals surface area contributed by atoms with Gasteiger partial charge < -0.3 is 13.9 Å². The van der Waals surface area contributed by atoms with Crippen LogP contribution in [0, 0.1) is 0 Å². The number of rotatable bonds is 8. The van der Waals surface area contributed by atoms with Crippen LogP contribution in [0.3, 0.4) is 0 Å². The SMILES string of the molecule is CCCCOP(C)(=S)OCCN1CCCCC1. The van der Waals surface area contributed by atoms with Crippen LogP contribution in [0.2, 0.25) is 0 Å². The monoisotopic (exact) mass is 279 g/mol. The van der Waals surface area contributed by atoms with E-state index in [9.17, 15) is 0 Å². The second kappa shape index (κ2) is 8.60. The first-order chi connectivity index (χ1) is 8.14. The maximum atomic E-state index is 5.74. The Morgan fingerprint density at radius 3 is 2.41 bits per heavy atom. The molecule has 1 aliphatic rings. The van der Waals surface area contributed by atoms with Crippen molar-refractivity contribution in [2.75, 3.05) is 39.5 Å². The van der Waals surface area contributed by atoms with Gasteiger partial charge in [-0.05, 0) is 44.2 Å². The molecule has 0 amide bonds. The number of hydrogen-bond acceptors (Lipinski definition) is 4. The predicted octanol–water partition coefficient (Wildman–Crippen LogP) is 3.24. The van der Waals surface area contributed by atoms with Gasteiger partial charge >= 0.3 is 0 Å². The Bertz CT molecular complexity index is 245. The van der Waals surface area contributed by atoms with Crippen molar-refractivity contribution in [2.45, 2.75) is 39.0 Å². The average Bonchev–Trinajstić information content (AvgIpc) is 2.30. The molecule has 1 rings (SSSR count). The van der Waals surface area contributed by atoms with Gasteiger partial charge in [0.1, 0.15) is 0 Å². The first-order valence-corrected chi connectivity index (χ1v) is 9.81. The molecule has 102 valence electrons. The summed E-state index contributed by atoms with van der Waals surface area (Å²) in [5.74, 6) is 0. The van der Waals surface area contributed by atoms with Crippen LogP contribution in [0.1, 0.15) is 39.0 Å². The molecule has 0 aromatic rings. The van der Waals surface area contributed by atoms with E-state index in [-0.39, 0.29) is 0 Å². The topological polar surface area (TPSA) is 21.7 Å². The Hall–Kier alpha value is 0.530. The minimum atomic E-state index is -1.98. The average molecular weight is 279 g/mol. The predicted molar refractivity (Wildman–Crippen MR) is 77.3 cm³/mol. The van der Waals surface area contributed by atoms with E-state index in [1.165, 1.54) is 32.4 Å². The van der Waals surface area contributed by atoms with E-state index >= 15 is 0 Å². The van der Waals surface area contributed by atoms with E-state index in [1.54, 1.807) is 0 Å².